The Morgan fingerprint density at radius 1 is 1.07 bits per heavy atom. The average Bonchev–Trinajstić information content (AvgIpc) is 3.14. The van der Waals surface area contributed by atoms with Gasteiger partial charge >= 0.3 is 0 Å². The van der Waals surface area contributed by atoms with E-state index in [0.717, 1.165) is 59.6 Å². The van der Waals surface area contributed by atoms with Crippen molar-refractivity contribution in [2.24, 2.45) is 0 Å². The number of halogens is 1. The summed E-state index contributed by atoms with van der Waals surface area (Å²) in [5.41, 5.74) is 4.93. The van der Waals surface area contributed by atoms with Crippen LogP contribution in [0.3, 0.4) is 0 Å². The van der Waals surface area contributed by atoms with Gasteiger partial charge in [0.1, 0.15) is 5.82 Å². The van der Waals surface area contributed by atoms with Crippen molar-refractivity contribution >= 4 is 50.8 Å². The molecule has 3 heterocycles. The highest BCUT2D eigenvalue weighted by Gasteiger charge is 2.28. The van der Waals surface area contributed by atoms with E-state index in [1.54, 1.807) is 11.3 Å². The molecule has 0 unspecified atom stereocenters. The van der Waals surface area contributed by atoms with E-state index in [-0.39, 0.29) is 0 Å². The van der Waals surface area contributed by atoms with Crippen LogP contribution in [0, 0.1) is 6.92 Å². The summed E-state index contributed by atoms with van der Waals surface area (Å²) in [6, 6.07) is 16.4. The summed E-state index contributed by atoms with van der Waals surface area (Å²) in [5.74, 6) is 0.750. The van der Waals surface area contributed by atoms with Crippen molar-refractivity contribution in [3.8, 4) is 10.4 Å². The Bertz CT molecular complexity index is 1300. The highest BCUT2D eigenvalue weighted by atomic mass is 35.5. The van der Waals surface area contributed by atoms with Crippen LogP contribution < -0.4 is 10.2 Å². The normalized spacial score (nSPS) is 13.5. The molecule has 142 valence electrons. The van der Waals surface area contributed by atoms with Gasteiger partial charge in [0.2, 0.25) is 0 Å². The highest BCUT2D eigenvalue weighted by Crippen LogP contribution is 2.47. The zero-order chi connectivity index (χ0) is 20.1. The first-order chi connectivity index (χ1) is 14.0. The predicted octanol–water partition coefficient (Wildman–Crippen LogP) is 7.30. The monoisotopic (exact) mass is 415 g/mol. The van der Waals surface area contributed by atoms with E-state index in [0.29, 0.717) is 0 Å². The summed E-state index contributed by atoms with van der Waals surface area (Å²) in [4.78, 5) is 8.63. The van der Waals surface area contributed by atoms with Gasteiger partial charge < -0.3 is 5.32 Å². The summed E-state index contributed by atoms with van der Waals surface area (Å²) < 4.78 is 0. The van der Waals surface area contributed by atoms with Crippen LogP contribution in [0.2, 0.25) is 5.02 Å². The van der Waals surface area contributed by atoms with Crippen LogP contribution in [-0.4, -0.2) is 4.98 Å². The van der Waals surface area contributed by atoms with Crippen molar-refractivity contribution in [1.82, 2.24) is 4.98 Å². The molecule has 1 N–H and O–H groups in total. The van der Waals surface area contributed by atoms with Gasteiger partial charge in [0.15, 0.2) is 0 Å². The van der Waals surface area contributed by atoms with E-state index in [9.17, 15) is 0 Å². The molecule has 0 saturated carbocycles. The van der Waals surface area contributed by atoms with Gasteiger partial charge in [0.05, 0.1) is 33.2 Å². The zero-order valence-corrected chi connectivity index (χ0v) is 17.4. The number of thiophene rings is 1. The molecule has 0 fully saturated rings. The lowest BCUT2D eigenvalue weighted by Crippen LogP contribution is -2.28. The first kappa shape index (κ1) is 18.0. The van der Waals surface area contributed by atoms with Gasteiger partial charge in [-0.15, -0.1) is 11.3 Å². The summed E-state index contributed by atoms with van der Waals surface area (Å²) in [6.45, 7) is 10.7. The van der Waals surface area contributed by atoms with Gasteiger partial charge in [-0.1, -0.05) is 67.2 Å². The van der Waals surface area contributed by atoms with Crippen LogP contribution in [0.5, 0.6) is 0 Å². The number of pyridine rings is 1. The standard InChI is InChI=1S/C24H18ClN3S/c1-14-7-6-10-19(23(14)25)22-11-20-24(29-22)15(2)28(16(3)27-20)21-13-26-12-17-8-4-5-9-18(17)21/h4-13,27H,2-3H2,1H3. The Kier molecular flexibility index (Phi) is 4.19. The first-order valence-electron chi connectivity index (χ1n) is 9.22. The number of aryl methyl sites for hydroxylation is 1. The number of nitrogens with one attached hydrogen (secondary N) is 1. The number of anilines is 2. The van der Waals surface area contributed by atoms with Crippen molar-refractivity contribution < 1.29 is 0 Å². The third-order valence-corrected chi connectivity index (χ3v) is 6.88. The maximum absolute atomic E-state index is 6.57. The van der Waals surface area contributed by atoms with E-state index in [1.807, 2.05) is 48.5 Å². The maximum Gasteiger partial charge on any atom is 0.108 e. The molecular weight excluding hydrogens is 398 g/mol. The van der Waals surface area contributed by atoms with Crippen molar-refractivity contribution in [1.29, 1.82) is 0 Å². The fourth-order valence-corrected chi connectivity index (χ4v) is 5.10. The van der Waals surface area contributed by atoms with Gasteiger partial charge in [-0.2, -0.15) is 0 Å². The van der Waals surface area contributed by atoms with Crippen molar-refractivity contribution in [3.63, 3.8) is 0 Å². The maximum atomic E-state index is 6.57. The van der Waals surface area contributed by atoms with Gasteiger partial charge in [0, 0.05) is 27.4 Å². The van der Waals surface area contributed by atoms with Crippen molar-refractivity contribution in [2.45, 2.75) is 6.92 Å². The molecule has 0 bridgehead atoms. The molecule has 29 heavy (non-hydrogen) atoms. The van der Waals surface area contributed by atoms with Crippen LogP contribution in [-0.2, 0) is 0 Å². The lowest BCUT2D eigenvalue weighted by molar-refractivity contribution is 1.16. The number of fused-ring (bicyclic) bond motifs is 2. The molecule has 0 atom stereocenters. The Morgan fingerprint density at radius 3 is 2.76 bits per heavy atom. The molecule has 5 rings (SSSR count). The topological polar surface area (TPSA) is 28.2 Å². The Balaban J connectivity index is 1.63. The molecule has 2 aromatic carbocycles. The third kappa shape index (κ3) is 2.84. The van der Waals surface area contributed by atoms with Crippen LogP contribution in [0.4, 0.5) is 11.4 Å². The molecule has 0 amide bonds. The Hall–Kier alpha value is -3.08. The third-order valence-electron chi connectivity index (χ3n) is 5.16. The molecule has 1 aliphatic rings. The van der Waals surface area contributed by atoms with Gasteiger partial charge in [-0.05, 0) is 18.6 Å². The van der Waals surface area contributed by atoms with Gasteiger partial charge in [0.25, 0.3) is 0 Å². The molecular formula is C24H18ClN3S. The average molecular weight is 416 g/mol. The second-order valence-corrected chi connectivity index (χ2v) is 8.45. The minimum Gasteiger partial charge on any atom is -0.341 e. The van der Waals surface area contributed by atoms with E-state index in [1.165, 1.54) is 0 Å². The number of benzene rings is 2. The largest absolute Gasteiger partial charge is 0.341 e. The molecule has 1 aliphatic heterocycles. The van der Waals surface area contributed by atoms with Crippen LogP contribution in [0.1, 0.15) is 10.4 Å². The quantitative estimate of drug-likeness (QED) is 0.372. The second kappa shape index (κ2) is 6.76. The summed E-state index contributed by atoms with van der Waals surface area (Å²) >= 11 is 8.25. The van der Waals surface area contributed by atoms with Crippen LogP contribution >= 0.6 is 22.9 Å². The number of hydrogen-bond donors (Lipinski definition) is 1. The fourth-order valence-electron chi connectivity index (χ4n) is 3.71. The fraction of sp³-hybridized carbons (Fsp3) is 0.0417. The van der Waals surface area contributed by atoms with E-state index in [2.05, 4.69) is 47.7 Å². The van der Waals surface area contributed by atoms with Crippen LogP contribution in [0.25, 0.3) is 26.9 Å². The molecule has 0 saturated heterocycles. The number of hydrogen-bond acceptors (Lipinski definition) is 4. The van der Waals surface area contributed by atoms with Gasteiger partial charge in [-0.3, -0.25) is 9.88 Å². The smallest absolute Gasteiger partial charge is 0.108 e. The summed E-state index contributed by atoms with van der Waals surface area (Å²) in [5, 5.41) is 6.40. The zero-order valence-electron chi connectivity index (χ0n) is 15.9. The van der Waals surface area contributed by atoms with Crippen molar-refractivity contribution in [2.75, 3.05) is 10.2 Å². The first-order valence-corrected chi connectivity index (χ1v) is 10.4. The van der Waals surface area contributed by atoms with Crippen LogP contribution in [0.15, 0.2) is 79.9 Å². The molecule has 0 spiro atoms. The lowest BCUT2D eigenvalue weighted by Gasteiger charge is -2.33. The Morgan fingerprint density at radius 2 is 1.90 bits per heavy atom. The lowest BCUT2D eigenvalue weighted by atomic mass is 10.1. The summed E-state index contributed by atoms with van der Waals surface area (Å²) in [6.07, 6.45) is 3.73. The predicted molar refractivity (Wildman–Crippen MR) is 126 cm³/mol. The summed E-state index contributed by atoms with van der Waals surface area (Å²) in [7, 11) is 0. The minimum atomic E-state index is 0.750. The Labute approximate surface area is 178 Å². The molecule has 4 aromatic rings. The van der Waals surface area contributed by atoms with E-state index in [4.69, 9.17) is 11.6 Å². The molecule has 2 aromatic heterocycles. The molecule has 0 aliphatic carbocycles. The molecule has 3 nitrogen and oxygen atoms in total. The van der Waals surface area contributed by atoms with E-state index >= 15 is 0 Å². The van der Waals surface area contributed by atoms with Gasteiger partial charge in [-0.25, -0.2) is 0 Å². The second-order valence-electron chi connectivity index (χ2n) is 7.02. The minimum absolute atomic E-state index is 0.750. The number of nitrogens with zero attached hydrogens (tertiary/aromatic N) is 2. The highest BCUT2D eigenvalue weighted by molar-refractivity contribution is 7.17. The SMILES string of the molecule is C=C1Nc2cc(-c3cccc(C)c3Cl)sc2C(=C)N1c1cncc2ccccc12. The molecule has 5 heteroatoms. The number of rotatable bonds is 2. The number of aromatic nitrogens is 1. The van der Waals surface area contributed by atoms with Crippen molar-refractivity contribution in [3.05, 3.63) is 95.4 Å². The molecule has 0 radical (unpaired) electrons. The van der Waals surface area contributed by atoms with E-state index < -0.39 is 0 Å².